The van der Waals surface area contributed by atoms with Crippen molar-refractivity contribution in [2.75, 3.05) is 26.2 Å². The van der Waals surface area contributed by atoms with Gasteiger partial charge >= 0.3 is 5.97 Å². The molecule has 0 radical (unpaired) electrons. The number of carbonyl (C=O) groups excluding carboxylic acids is 1. The maximum absolute atomic E-state index is 11.6. The third-order valence-electron chi connectivity index (χ3n) is 3.23. The Morgan fingerprint density at radius 3 is 2.89 bits per heavy atom. The van der Waals surface area contributed by atoms with E-state index in [0.29, 0.717) is 31.9 Å². The Hall–Kier alpha value is -1.14. The molecule has 6 heteroatoms. The molecule has 0 aromatic carbocycles. The van der Waals surface area contributed by atoms with Crippen LogP contribution in [0.5, 0.6) is 0 Å². The van der Waals surface area contributed by atoms with E-state index in [0.717, 1.165) is 19.5 Å². The van der Waals surface area contributed by atoms with E-state index in [1.54, 1.807) is 0 Å². The molecule has 1 amide bonds. The van der Waals surface area contributed by atoms with Crippen LogP contribution >= 0.6 is 0 Å². The average molecular weight is 272 g/mol. The summed E-state index contributed by atoms with van der Waals surface area (Å²) >= 11 is 0. The molecule has 1 aliphatic heterocycles. The summed E-state index contributed by atoms with van der Waals surface area (Å²) in [6.45, 7) is 4.83. The van der Waals surface area contributed by atoms with Crippen LogP contribution in [0.25, 0.3) is 0 Å². The molecule has 0 aromatic heterocycles. The molecule has 1 aliphatic rings. The summed E-state index contributed by atoms with van der Waals surface area (Å²) in [6, 6.07) is 0. The highest BCUT2D eigenvalue weighted by molar-refractivity contribution is 5.76. The van der Waals surface area contributed by atoms with Gasteiger partial charge in [-0.2, -0.15) is 0 Å². The van der Waals surface area contributed by atoms with Gasteiger partial charge in [0.15, 0.2) is 0 Å². The Balaban J connectivity index is 2.04. The molecule has 0 saturated carbocycles. The number of rotatable bonds is 8. The van der Waals surface area contributed by atoms with Crippen LogP contribution in [0.3, 0.4) is 0 Å². The highest BCUT2D eigenvalue weighted by Crippen LogP contribution is 2.09. The van der Waals surface area contributed by atoms with E-state index in [-0.39, 0.29) is 18.4 Å². The van der Waals surface area contributed by atoms with Gasteiger partial charge in [0.2, 0.25) is 5.91 Å². The molecule has 1 heterocycles. The third kappa shape index (κ3) is 7.79. The second kappa shape index (κ2) is 8.87. The standard InChI is InChI=1S/C13H24N2O4/c1-10(2-3-13(17)18)4-5-15-12(16)8-11-9-14-6-7-19-11/h10-11,14H,2-9H2,1H3,(H,15,16)(H,17,18). The number of ether oxygens (including phenoxy) is 1. The molecular weight excluding hydrogens is 248 g/mol. The molecule has 0 aliphatic carbocycles. The summed E-state index contributed by atoms with van der Waals surface area (Å²) in [5.74, 6) is -0.457. The zero-order valence-electron chi connectivity index (χ0n) is 11.5. The Labute approximate surface area is 113 Å². The Bertz CT molecular complexity index is 290. The lowest BCUT2D eigenvalue weighted by molar-refractivity contribution is -0.137. The number of aliphatic carboxylic acids is 1. The SMILES string of the molecule is CC(CCNC(=O)CC1CNCCO1)CCC(=O)O. The van der Waals surface area contributed by atoms with Crippen molar-refractivity contribution < 1.29 is 19.4 Å². The molecule has 6 nitrogen and oxygen atoms in total. The second-order valence-electron chi connectivity index (χ2n) is 5.08. The van der Waals surface area contributed by atoms with Crippen LogP contribution in [0.4, 0.5) is 0 Å². The molecule has 0 spiro atoms. The number of morpholine rings is 1. The van der Waals surface area contributed by atoms with Gasteiger partial charge in [-0.3, -0.25) is 9.59 Å². The van der Waals surface area contributed by atoms with E-state index in [9.17, 15) is 9.59 Å². The van der Waals surface area contributed by atoms with E-state index in [2.05, 4.69) is 10.6 Å². The fourth-order valence-electron chi connectivity index (χ4n) is 2.00. The summed E-state index contributed by atoms with van der Waals surface area (Å²) in [4.78, 5) is 22.1. The van der Waals surface area contributed by atoms with E-state index in [1.807, 2.05) is 6.92 Å². The lowest BCUT2D eigenvalue weighted by Crippen LogP contribution is -2.41. The van der Waals surface area contributed by atoms with Crippen LogP contribution in [-0.4, -0.2) is 49.3 Å². The topological polar surface area (TPSA) is 87.7 Å². The van der Waals surface area contributed by atoms with Gasteiger partial charge in [0.25, 0.3) is 0 Å². The molecule has 2 unspecified atom stereocenters. The van der Waals surface area contributed by atoms with Crippen molar-refractivity contribution in [3.05, 3.63) is 0 Å². The van der Waals surface area contributed by atoms with Gasteiger partial charge in [0.1, 0.15) is 0 Å². The minimum Gasteiger partial charge on any atom is -0.481 e. The molecule has 110 valence electrons. The molecule has 1 rings (SSSR count). The quantitative estimate of drug-likeness (QED) is 0.594. The fraction of sp³-hybridized carbons (Fsp3) is 0.846. The summed E-state index contributed by atoms with van der Waals surface area (Å²) in [7, 11) is 0. The van der Waals surface area contributed by atoms with E-state index >= 15 is 0 Å². The summed E-state index contributed by atoms with van der Waals surface area (Å²) in [6.07, 6.45) is 2.01. The van der Waals surface area contributed by atoms with Crippen LogP contribution in [0.1, 0.15) is 32.6 Å². The van der Waals surface area contributed by atoms with Crippen LogP contribution in [0, 0.1) is 5.92 Å². The van der Waals surface area contributed by atoms with Gasteiger partial charge in [-0.1, -0.05) is 6.92 Å². The maximum atomic E-state index is 11.6. The Kier molecular flexibility index (Phi) is 7.43. The first kappa shape index (κ1) is 15.9. The minimum atomic E-state index is -0.766. The van der Waals surface area contributed by atoms with Crippen molar-refractivity contribution in [3.63, 3.8) is 0 Å². The predicted molar refractivity (Wildman–Crippen MR) is 70.9 cm³/mol. The van der Waals surface area contributed by atoms with Crippen molar-refractivity contribution in [1.82, 2.24) is 10.6 Å². The van der Waals surface area contributed by atoms with Crippen LogP contribution in [0.15, 0.2) is 0 Å². The monoisotopic (exact) mass is 272 g/mol. The van der Waals surface area contributed by atoms with Crippen LogP contribution in [-0.2, 0) is 14.3 Å². The highest BCUT2D eigenvalue weighted by Gasteiger charge is 2.17. The molecule has 0 bridgehead atoms. The predicted octanol–water partition coefficient (Wildman–Crippen LogP) is 0.372. The van der Waals surface area contributed by atoms with Gasteiger partial charge in [-0.05, 0) is 18.8 Å². The first-order chi connectivity index (χ1) is 9.08. The molecule has 2 atom stereocenters. The zero-order valence-corrected chi connectivity index (χ0v) is 11.5. The van der Waals surface area contributed by atoms with Gasteiger partial charge in [-0.25, -0.2) is 0 Å². The second-order valence-corrected chi connectivity index (χ2v) is 5.08. The number of nitrogens with one attached hydrogen (secondary N) is 2. The number of carbonyl (C=O) groups is 2. The fourth-order valence-corrected chi connectivity index (χ4v) is 2.00. The highest BCUT2D eigenvalue weighted by atomic mass is 16.5. The molecule has 1 saturated heterocycles. The van der Waals surface area contributed by atoms with Crippen LogP contribution < -0.4 is 10.6 Å². The van der Waals surface area contributed by atoms with Crippen molar-refractivity contribution in [1.29, 1.82) is 0 Å². The molecule has 1 fully saturated rings. The minimum absolute atomic E-state index is 0.000801. The van der Waals surface area contributed by atoms with Crippen molar-refractivity contribution in [2.45, 2.75) is 38.7 Å². The number of hydrogen-bond donors (Lipinski definition) is 3. The number of carboxylic acids is 1. The van der Waals surface area contributed by atoms with Crippen LogP contribution in [0.2, 0.25) is 0 Å². The van der Waals surface area contributed by atoms with Crippen molar-refractivity contribution >= 4 is 11.9 Å². The van der Waals surface area contributed by atoms with Gasteiger partial charge < -0.3 is 20.5 Å². The first-order valence-electron chi connectivity index (χ1n) is 6.88. The average Bonchev–Trinajstić information content (AvgIpc) is 2.37. The van der Waals surface area contributed by atoms with Gasteiger partial charge in [0, 0.05) is 26.1 Å². The van der Waals surface area contributed by atoms with E-state index < -0.39 is 5.97 Å². The number of hydrogen-bond acceptors (Lipinski definition) is 4. The summed E-state index contributed by atoms with van der Waals surface area (Å²) in [5, 5.41) is 14.6. The Morgan fingerprint density at radius 2 is 2.26 bits per heavy atom. The molecule has 0 aromatic rings. The van der Waals surface area contributed by atoms with Crippen molar-refractivity contribution in [3.8, 4) is 0 Å². The number of amides is 1. The summed E-state index contributed by atoms with van der Waals surface area (Å²) in [5.41, 5.74) is 0. The summed E-state index contributed by atoms with van der Waals surface area (Å²) < 4.78 is 5.45. The lowest BCUT2D eigenvalue weighted by atomic mass is 10.0. The largest absolute Gasteiger partial charge is 0.481 e. The molecule has 19 heavy (non-hydrogen) atoms. The molecule has 3 N–H and O–H groups in total. The normalized spacial score (nSPS) is 20.8. The van der Waals surface area contributed by atoms with Crippen molar-refractivity contribution in [2.24, 2.45) is 5.92 Å². The van der Waals surface area contributed by atoms with E-state index in [4.69, 9.17) is 9.84 Å². The Morgan fingerprint density at radius 1 is 1.47 bits per heavy atom. The zero-order chi connectivity index (χ0) is 14.1. The third-order valence-corrected chi connectivity index (χ3v) is 3.23. The lowest BCUT2D eigenvalue weighted by Gasteiger charge is -2.23. The van der Waals surface area contributed by atoms with E-state index in [1.165, 1.54) is 0 Å². The molecular formula is C13H24N2O4. The smallest absolute Gasteiger partial charge is 0.303 e. The maximum Gasteiger partial charge on any atom is 0.303 e. The first-order valence-corrected chi connectivity index (χ1v) is 6.88. The number of carboxylic acid groups (broad SMARTS) is 1. The van der Waals surface area contributed by atoms with Gasteiger partial charge in [0.05, 0.1) is 19.1 Å². The van der Waals surface area contributed by atoms with Gasteiger partial charge in [-0.15, -0.1) is 0 Å².